The van der Waals surface area contributed by atoms with Crippen molar-refractivity contribution < 1.29 is 23.1 Å². The van der Waals surface area contributed by atoms with Gasteiger partial charge in [0.1, 0.15) is 5.82 Å². The second-order valence-electron chi connectivity index (χ2n) is 5.28. The number of halogens is 1. The normalized spacial score (nSPS) is 10.4. The van der Waals surface area contributed by atoms with E-state index in [-0.39, 0.29) is 29.4 Å². The fourth-order valence-electron chi connectivity index (χ4n) is 2.26. The highest BCUT2D eigenvalue weighted by molar-refractivity contribution is 6.05. The van der Waals surface area contributed by atoms with E-state index in [1.807, 2.05) is 0 Å². The van der Waals surface area contributed by atoms with Crippen LogP contribution in [-0.4, -0.2) is 28.3 Å². The molecule has 3 aromatic rings. The summed E-state index contributed by atoms with van der Waals surface area (Å²) in [6, 6.07) is 8.95. The van der Waals surface area contributed by atoms with Gasteiger partial charge in [0.2, 0.25) is 0 Å². The lowest BCUT2D eigenvalue weighted by Crippen LogP contribution is -2.27. The molecule has 1 N–H and O–H groups in total. The third kappa shape index (κ3) is 3.92. The smallest absolute Gasteiger partial charge is 0.360 e. The Morgan fingerprint density at radius 3 is 2.63 bits per heavy atom. The zero-order valence-corrected chi connectivity index (χ0v) is 14.1. The Balaban J connectivity index is 2.05. The Morgan fingerprint density at radius 1 is 1.26 bits per heavy atom. The minimum atomic E-state index is -0.830. The highest BCUT2D eigenvalue weighted by atomic mass is 19.1. The number of amides is 1. The number of hydrogen-bond donors (Lipinski definition) is 1. The maximum atomic E-state index is 13.1. The summed E-state index contributed by atoms with van der Waals surface area (Å²) in [4.78, 5) is 36.8. The minimum Gasteiger partial charge on any atom is -0.461 e. The predicted molar refractivity (Wildman–Crippen MR) is 92.4 cm³/mol. The Hall–Kier alpha value is -3.75. The van der Waals surface area contributed by atoms with E-state index in [1.54, 1.807) is 6.92 Å². The molecule has 0 saturated heterocycles. The molecule has 8 nitrogen and oxygen atoms in total. The number of esters is 1. The van der Waals surface area contributed by atoms with Crippen LogP contribution in [0.15, 0.2) is 57.9 Å². The van der Waals surface area contributed by atoms with Crippen LogP contribution in [0.1, 0.15) is 28.0 Å². The molecule has 138 valence electrons. The first-order valence-corrected chi connectivity index (χ1v) is 7.92. The number of nitrogens with zero attached hydrogens (tertiary/aromatic N) is 2. The van der Waals surface area contributed by atoms with Crippen molar-refractivity contribution in [2.45, 2.75) is 6.92 Å². The molecule has 1 amide bonds. The molecule has 0 fully saturated rings. The van der Waals surface area contributed by atoms with E-state index in [4.69, 9.17) is 9.15 Å². The van der Waals surface area contributed by atoms with Crippen molar-refractivity contribution in [1.29, 1.82) is 0 Å². The van der Waals surface area contributed by atoms with Crippen molar-refractivity contribution in [3.05, 3.63) is 76.4 Å². The van der Waals surface area contributed by atoms with Crippen LogP contribution < -0.4 is 10.9 Å². The molecule has 27 heavy (non-hydrogen) atoms. The topological polar surface area (TPSA) is 103 Å². The van der Waals surface area contributed by atoms with Gasteiger partial charge in [0, 0.05) is 6.07 Å². The summed E-state index contributed by atoms with van der Waals surface area (Å²) in [6.07, 6.45) is 1.31. The maximum Gasteiger partial charge on any atom is 0.360 e. The first-order chi connectivity index (χ1) is 13.0. The van der Waals surface area contributed by atoms with Crippen LogP contribution in [0.4, 0.5) is 10.1 Å². The molecule has 9 heteroatoms. The van der Waals surface area contributed by atoms with E-state index in [0.29, 0.717) is 0 Å². The lowest BCUT2D eigenvalue weighted by Gasteiger charge is -2.12. The van der Waals surface area contributed by atoms with Gasteiger partial charge in [-0.1, -0.05) is 0 Å². The Bertz CT molecular complexity index is 1030. The summed E-state index contributed by atoms with van der Waals surface area (Å²) < 4.78 is 23.9. The average Bonchev–Trinajstić information content (AvgIpc) is 3.18. The van der Waals surface area contributed by atoms with E-state index in [2.05, 4.69) is 10.4 Å². The Labute approximate surface area is 152 Å². The second kappa shape index (κ2) is 7.65. The molecule has 0 aliphatic rings. The lowest BCUT2D eigenvalue weighted by atomic mass is 10.2. The summed E-state index contributed by atoms with van der Waals surface area (Å²) in [6.45, 7) is 1.68. The van der Waals surface area contributed by atoms with Gasteiger partial charge in [-0.05, 0) is 43.3 Å². The number of ether oxygens (including phenoxy) is 1. The molecular formula is C18H14FN3O5. The largest absolute Gasteiger partial charge is 0.461 e. The van der Waals surface area contributed by atoms with Gasteiger partial charge in [-0.2, -0.15) is 9.78 Å². The van der Waals surface area contributed by atoms with Crippen LogP contribution in [0.5, 0.6) is 0 Å². The summed E-state index contributed by atoms with van der Waals surface area (Å²) in [7, 11) is 0. The third-order valence-electron chi connectivity index (χ3n) is 3.46. The van der Waals surface area contributed by atoms with Gasteiger partial charge in [-0.25, -0.2) is 9.18 Å². The van der Waals surface area contributed by atoms with Crippen LogP contribution >= 0.6 is 0 Å². The van der Waals surface area contributed by atoms with E-state index < -0.39 is 23.3 Å². The van der Waals surface area contributed by atoms with E-state index in [0.717, 1.165) is 22.9 Å². The fourth-order valence-corrected chi connectivity index (χ4v) is 2.26. The number of rotatable bonds is 5. The van der Waals surface area contributed by atoms with Crippen molar-refractivity contribution >= 4 is 17.6 Å². The van der Waals surface area contributed by atoms with Gasteiger partial charge in [0.25, 0.3) is 11.5 Å². The van der Waals surface area contributed by atoms with Crippen molar-refractivity contribution in [3.8, 4) is 5.69 Å². The van der Waals surface area contributed by atoms with Gasteiger partial charge in [-0.15, -0.1) is 0 Å². The summed E-state index contributed by atoms with van der Waals surface area (Å²) in [5.74, 6) is -1.98. The standard InChI is InChI=1S/C18H14FN3O5/c1-2-26-18(25)16-13(20-17(24)14-4-3-9-27-14)10-15(23)22(21-16)12-7-5-11(19)6-8-12/h3-10H,2H2,1H3,(H,20,24). The first-order valence-electron chi connectivity index (χ1n) is 7.92. The van der Waals surface area contributed by atoms with Crippen molar-refractivity contribution in [2.75, 3.05) is 11.9 Å². The fraction of sp³-hybridized carbons (Fsp3) is 0.111. The molecule has 0 spiro atoms. The molecule has 0 saturated carbocycles. The minimum absolute atomic E-state index is 0.00692. The number of carbonyl (C=O) groups excluding carboxylic acids is 2. The highest BCUT2D eigenvalue weighted by Gasteiger charge is 2.21. The molecule has 2 aromatic heterocycles. The first kappa shape index (κ1) is 18.1. The highest BCUT2D eigenvalue weighted by Crippen LogP contribution is 2.15. The molecule has 0 bridgehead atoms. The third-order valence-corrected chi connectivity index (χ3v) is 3.46. The zero-order chi connectivity index (χ0) is 19.4. The SMILES string of the molecule is CCOC(=O)c1nn(-c2ccc(F)cc2)c(=O)cc1NC(=O)c1ccco1. The number of nitrogens with one attached hydrogen (secondary N) is 1. The molecule has 3 rings (SSSR count). The molecule has 0 unspecified atom stereocenters. The summed E-state index contributed by atoms with van der Waals surface area (Å²) >= 11 is 0. The number of benzene rings is 1. The number of anilines is 1. The maximum absolute atomic E-state index is 13.1. The molecule has 0 aliphatic carbocycles. The van der Waals surface area contributed by atoms with Crippen LogP contribution in [-0.2, 0) is 4.74 Å². The number of aromatic nitrogens is 2. The van der Waals surface area contributed by atoms with Crippen LogP contribution in [0.25, 0.3) is 5.69 Å². The van der Waals surface area contributed by atoms with Gasteiger partial charge in [0.15, 0.2) is 11.5 Å². The summed E-state index contributed by atoms with van der Waals surface area (Å²) in [5, 5.41) is 6.40. The van der Waals surface area contributed by atoms with E-state index >= 15 is 0 Å². The van der Waals surface area contributed by atoms with Crippen LogP contribution in [0.3, 0.4) is 0 Å². The van der Waals surface area contributed by atoms with Crippen LogP contribution in [0, 0.1) is 5.82 Å². The second-order valence-corrected chi connectivity index (χ2v) is 5.28. The van der Waals surface area contributed by atoms with Gasteiger partial charge in [-0.3, -0.25) is 9.59 Å². The van der Waals surface area contributed by atoms with Crippen LogP contribution in [0.2, 0.25) is 0 Å². The summed E-state index contributed by atoms with van der Waals surface area (Å²) in [5.41, 5.74) is -0.792. The molecular weight excluding hydrogens is 357 g/mol. The molecule has 1 aromatic carbocycles. The number of carbonyl (C=O) groups is 2. The molecule has 0 atom stereocenters. The molecule has 0 radical (unpaired) electrons. The Morgan fingerprint density at radius 2 is 2.00 bits per heavy atom. The zero-order valence-electron chi connectivity index (χ0n) is 14.1. The predicted octanol–water partition coefficient (Wildman–Crippen LogP) is 2.39. The van der Waals surface area contributed by atoms with Crippen molar-refractivity contribution in [3.63, 3.8) is 0 Å². The quantitative estimate of drug-likeness (QED) is 0.691. The van der Waals surface area contributed by atoms with E-state index in [9.17, 15) is 18.8 Å². The van der Waals surface area contributed by atoms with Crippen molar-refractivity contribution in [2.24, 2.45) is 0 Å². The van der Waals surface area contributed by atoms with E-state index in [1.165, 1.54) is 30.5 Å². The number of hydrogen-bond acceptors (Lipinski definition) is 6. The van der Waals surface area contributed by atoms with Gasteiger partial charge < -0.3 is 14.5 Å². The van der Waals surface area contributed by atoms with Crippen molar-refractivity contribution in [1.82, 2.24) is 9.78 Å². The number of furan rings is 1. The molecule has 2 heterocycles. The lowest BCUT2D eigenvalue weighted by molar-refractivity contribution is 0.0518. The van der Waals surface area contributed by atoms with Gasteiger partial charge in [0.05, 0.1) is 24.2 Å². The average molecular weight is 371 g/mol. The molecule has 0 aliphatic heterocycles. The monoisotopic (exact) mass is 371 g/mol. The Kier molecular flexibility index (Phi) is 5.11. The van der Waals surface area contributed by atoms with Gasteiger partial charge >= 0.3 is 5.97 Å².